The van der Waals surface area contributed by atoms with E-state index in [0.29, 0.717) is 17.1 Å². The minimum absolute atomic E-state index is 0.00546. The maximum Gasteiger partial charge on any atom is 0.227 e. The van der Waals surface area contributed by atoms with Crippen molar-refractivity contribution in [1.82, 2.24) is 14.7 Å². The van der Waals surface area contributed by atoms with Gasteiger partial charge in [-0.2, -0.15) is 0 Å². The van der Waals surface area contributed by atoms with Gasteiger partial charge >= 0.3 is 0 Å². The second kappa shape index (κ2) is 9.88. The Bertz CT molecular complexity index is 686. The fraction of sp³-hybridized carbons (Fsp3) is 0.700. The SMILES string of the molecule is C1CCOC1.NC(CO)(CO)CO.O=C1C=C(N2CC2)C(=O)C(N2CC2)=C1N1CC1. The first kappa shape index (κ1) is 22.7. The first-order valence-corrected chi connectivity index (χ1v) is 10.4. The predicted octanol–water partition coefficient (Wildman–Crippen LogP) is -2.36. The Morgan fingerprint density at radius 3 is 1.63 bits per heavy atom. The molecule has 5 rings (SSSR count). The molecule has 168 valence electrons. The number of hydrogen-bond donors (Lipinski definition) is 4. The van der Waals surface area contributed by atoms with Crippen molar-refractivity contribution in [2.45, 2.75) is 18.4 Å². The highest BCUT2D eigenvalue weighted by molar-refractivity contribution is 6.22. The zero-order valence-electron chi connectivity index (χ0n) is 17.3. The molecule has 4 fully saturated rings. The van der Waals surface area contributed by atoms with Crippen LogP contribution in [-0.2, 0) is 14.3 Å². The fourth-order valence-corrected chi connectivity index (χ4v) is 2.94. The van der Waals surface area contributed by atoms with Gasteiger partial charge in [-0.25, -0.2) is 0 Å². The molecule has 5 aliphatic rings. The molecule has 0 aromatic carbocycles. The van der Waals surface area contributed by atoms with Gasteiger partial charge in [-0.15, -0.1) is 0 Å². The van der Waals surface area contributed by atoms with Gasteiger partial charge < -0.3 is 40.5 Å². The number of nitrogens with zero attached hydrogens (tertiary/aromatic N) is 3. The molecule has 10 heteroatoms. The van der Waals surface area contributed by atoms with Gasteiger partial charge in [-0.05, 0) is 12.8 Å². The zero-order chi connectivity index (χ0) is 21.7. The molecule has 1 aliphatic carbocycles. The van der Waals surface area contributed by atoms with Gasteiger partial charge in [0, 0.05) is 58.6 Å². The average Bonchev–Trinajstić information content (AvgIpc) is 3.63. The predicted molar refractivity (Wildman–Crippen MR) is 108 cm³/mol. The van der Waals surface area contributed by atoms with Crippen molar-refractivity contribution in [2.75, 3.05) is 72.3 Å². The van der Waals surface area contributed by atoms with Crippen LogP contribution in [-0.4, -0.2) is 119 Å². The van der Waals surface area contributed by atoms with Crippen LogP contribution >= 0.6 is 0 Å². The van der Waals surface area contributed by atoms with E-state index in [1.165, 1.54) is 18.9 Å². The monoisotopic (exact) mass is 424 g/mol. The second-order valence-electron chi connectivity index (χ2n) is 8.04. The van der Waals surface area contributed by atoms with Crippen molar-refractivity contribution < 1.29 is 29.6 Å². The number of carbonyl (C=O) groups is 2. The molecule has 4 heterocycles. The van der Waals surface area contributed by atoms with E-state index in [1.54, 1.807) is 0 Å². The van der Waals surface area contributed by atoms with Crippen molar-refractivity contribution >= 4 is 11.6 Å². The Morgan fingerprint density at radius 1 is 0.833 bits per heavy atom. The van der Waals surface area contributed by atoms with E-state index in [-0.39, 0.29) is 11.6 Å². The number of aliphatic hydroxyl groups is 3. The van der Waals surface area contributed by atoms with Gasteiger partial charge in [-0.1, -0.05) is 0 Å². The summed E-state index contributed by atoms with van der Waals surface area (Å²) in [6.45, 7) is 6.20. The molecular weight excluding hydrogens is 392 g/mol. The van der Waals surface area contributed by atoms with E-state index < -0.39 is 25.4 Å². The third-order valence-corrected chi connectivity index (χ3v) is 5.26. The molecule has 4 aliphatic heterocycles. The van der Waals surface area contributed by atoms with Gasteiger partial charge in [0.1, 0.15) is 11.4 Å². The lowest BCUT2D eigenvalue weighted by Gasteiger charge is -2.21. The van der Waals surface area contributed by atoms with Crippen LogP contribution in [0.1, 0.15) is 12.8 Å². The lowest BCUT2D eigenvalue weighted by molar-refractivity contribution is -0.117. The van der Waals surface area contributed by atoms with Crippen molar-refractivity contribution in [3.63, 3.8) is 0 Å². The number of hydrogen-bond acceptors (Lipinski definition) is 10. The third kappa shape index (κ3) is 5.79. The summed E-state index contributed by atoms with van der Waals surface area (Å²) in [5.41, 5.74) is 5.82. The van der Waals surface area contributed by atoms with Crippen LogP contribution in [0.3, 0.4) is 0 Å². The lowest BCUT2D eigenvalue weighted by Crippen LogP contribution is -2.50. The molecule has 0 unspecified atom stereocenters. The van der Waals surface area contributed by atoms with E-state index in [1.807, 2.05) is 14.7 Å². The average molecular weight is 424 g/mol. The summed E-state index contributed by atoms with van der Waals surface area (Å²) in [6.07, 6.45) is 4.08. The summed E-state index contributed by atoms with van der Waals surface area (Å²) < 4.78 is 4.94. The Kier molecular flexibility index (Phi) is 7.48. The van der Waals surface area contributed by atoms with Crippen LogP contribution in [0.2, 0.25) is 0 Å². The molecular formula is C20H32N4O6. The van der Waals surface area contributed by atoms with Crippen LogP contribution in [0, 0.1) is 0 Å². The number of rotatable bonds is 6. The zero-order valence-corrected chi connectivity index (χ0v) is 17.3. The van der Waals surface area contributed by atoms with E-state index >= 15 is 0 Å². The van der Waals surface area contributed by atoms with Gasteiger partial charge in [0.25, 0.3) is 0 Å². The highest BCUT2D eigenvalue weighted by Gasteiger charge is 2.43. The summed E-state index contributed by atoms with van der Waals surface area (Å²) >= 11 is 0. The molecule has 0 atom stereocenters. The van der Waals surface area contributed by atoms with Crippen molar-refractivity contribution in [1.29, 1.82) is 0 Å². The van der Waals surface area contributed by atoms with E-state index in [0.717, 1.165) is 52.5 Å². The lowest BCUT2D eigenvalue weighted by atomic mass is 10.0. The molecule has 0 spiro atoms. The van der Waals surface area contributed by atoms with Gasteiger partial charge in [0.05, 0.1) is 31.1 Å². The molecule has 0 radical (unpaired) electrons. The summed E-state index contributed by atoms with van der Waals surface area (Å²) in [5.74, 6) is 0.0485. The quantitative estimate of drug-likeness (QED) is 0.270. The Balaban J connectivity index is 0.000000165. The van der Waals surface area contributed by atoms with Crippen LogP contribution < -0.4 is 5.73 Å². The summed E-state index contributed by atoms with van der Waals surface area (Å²) in [4.78, 5) is 30.5. The number of Topliss-reactive ketones (excluding diaryl/α,β-unsaturated/α-hetero) is 1. The standard InChI is InChI=1S/C12H13N3O2.C4H11NO3.C4H8O/c16-9-7-8(13-1-2-13)12(17)11(15-5-6-15)10(9)14-3-4-14;5-4(1-6,2-7)3-8;1-2-4-5-3-1/h7H,1-6H2;6-8H,1-3,5H2;1-4H2. The Hall–Kier alpha value is -1.98. The van der Waals surface area contributed by atoms with Gasteiger partial charge in [-0.3, -0.25) is 9.59 Å². The minimum atomic E-state index is -1.21. The highest BCUT2D eigenvalue weighted by atomic mass is 16.5. The smallest absolute Gasteiger partial charge is 0.227 e. The molecule has 0 saturated carbocycles. The highest BCUT2D eigenvalue weighted by Crippen LogP contribution is 2.33. The Labute approximate surface area is 176 Å². The summed E-state index contributed by atoms with van der Waals surface area (Å²) in [7, 11) is 0. The van der Waals surface area contributed by atoms with Crippen molar-refractivity contribution in [2.24, 2.45) is 5.73 Å². The van der Waals surface area contributed by atoms with Gasteiger partial charge in [0.15, 0.2) is 0 Å². The fourth-order valence-electron chi connectivity index (χ4n) is 2.94. The second-order valence-corrected chi connectivity index (χ2v) is 8.04. The molecule has 0 bridgehead atoms. The third-order valence-electron chi connectivity index (χ3n) is 5.26. The summed E-state index contributed by atoms with van der Waals surface area (Å²) in [6, 6.07) is 0. The maximum atomic E-state index is 12.4. The van der Waals surface area contributed by atoms with Crippen LogP contribution in [0.5, 0.6) is 0 Å². The molecule has 0 aromatic rings. The first-order valence-electron chi connectivity index (χ1n) is 10.4. The van der Waals surface area contributed by atoms with Crippen molar-refractivity contribution in [3.05, 3.63) is 23.2 Å². The topological polar surface area (TPSA) is 139 Å². The van der Waals surface area contributed by atoms with Crippen molar-refractivity contribution in [3.8, 4) is 0 Å². The van der Waals surface area contributed by atoms with Crippen LogP contribution in [0.15, 0.2) is 23.2 Å². The van der Waals surface area contributed by atoms with Gasteiger partial charge in [0.2, 0.25) is 11.6 Å². The van der Waals surface area contributed by atoms with E-state index in [4.69, 9.17) is 25.8 Å². The molecule has 0 amide bonds. The molecule has 0 aromatic heterocycles. The number of allylic oxidation sites excluding steroid dienone is 1. The largest absolute Gasteiger partial charge is 0.394 e. The molecule has 5 N–H and O–H groups in total. The number of ketones is 2. The van der Waals surface area contributed by atoms with E-state index in [9.17, 15) is 9.59 Å². The number of ether oxygens (including phenoxy) is 1. The first-order chi connectivity index (χ1) is 14.4. The number of nitrogens with two attached hydrogens (primary N) is 1. The van der Waals surface area contributed by atoms with Crippen LogP contribution in [0.4, 0.5) is 0 Å². The number of carbonyl (C=O) groups excluding carboxylic acids is 2. The molecule has 10 nitrogen and oxygen atoms in total. The Morgan fingerprint density at radius 2 is 1.30 bits per heavy atom. The van der Waals surface area contributed by atoms with Crippen LogP contribution in [0.25, 0.3) is 0 Å². The minimum Gasteiger partial charge on any atom is -0.394 e. The number of aliphatic hydroxyl groups excluding tert-OH is 3. The molecule has 30 heavy (non-hydrogen) atoms. The van der Waals surface area contributed by atoms with E-state index in [2.05, 4.69) is 0 Å². The normalized spacial score (nSPS) is 22.3. The molecule has 4 saturated heterocycles. The maximum absolute atomic E-state index is 12.4. The summed E-state index contributed by atoms with van der Waals surface area (Å²) in [5, 5.41) is 25.0.